The van der Waals surface area contributed by atoms with Crippen LogP contribution in [-0.2, 0) is 16.1 Å². The van der Waals surface area contributed by atoms with Crippen LogP contribution in [0, 0.1) is 6.92 Å². The third-order valence-corrected chi connectivity index (χ3v) is 3.41. The normalized spacial score (nSPS) is 10.8. The first kappa shape index (κ1) is 15.1. The first-order chi connectivity index (χ1) is 10.0. The molecule has 1 heterocycles. The maximum atomic E-state index is 12.2. The summed E-state index contributed by atoms with van der Waals surface area (Å²) in [6.45, 7) is 4.53. The molecule has 0 saturated carbocycles. The minimum Gasteiger partial charge on any atom is -0.466 e. The first-order valence-electron chi connectivity index (χ1n) is 7.08. The summed E-state index contributed by atoms with van der Waals surface area (Å²) in [6.07, 6.45) is 0.865. The molecule has 21 heavy (non-hydrogen) atoms. The van der Waals surface area contributed by atoms with Gasteiger partial charge in [0.2, 0.25) is 0 Å². The van der Waals surface area contributed by atoms with Gasteiger partial charge in [-0.15, -0.1) is 0 Å². The fraction of sp³-hybridized carbons (Fsp3) is 0.375. The second kappa shape index (κ2) is 6.43. The highest BCUT2D eigenvalue weighted by Gasteiger charge is 2.08. The van der Waals surface area contributed by atoms with Crippen molar-refractivity contribution in [1.29, 1.82) is 0 Å². The highest BCUT2D eigenvalue weighted by atomic mass is 16.5. The lowest BCUT2D eigenvalue weighted by Crippen LogP contribution is -2.21. The summed E-state index contributed by atoms with van der Waals surface area (Å²) < 4.78 is 6.55. The van der Waals surface area contributed by atoms with Crippen molar-refractivity contribution in [2.75, 3.05) is 12.3 Å². The van der Waals surface area contributed by atoms with Crippen LogP contribution in [-0.4, -0.2) is 17.1 Å². The standard InChI is InChI=1S/C16H20N2O3/c1-3-21-16(20)5-4-8-18-14-10-12(17)6-7-13(14)11(2)9-15(18)19/h6-7,9-10H,3-5,8,17H2,1-2H3. The van der Waals surface area contributed by atoms with Gasteiger partial charge in [-0.2, -0.15) is 0 Å². The third kappa shape index (κ3) is 3.42. The van der Waals surface area contributed by atoms with Crippen LogP contribution in [0.5, 0.6) is 0 Å². The number of carbonyl (C=O) groups is 1. The zero-order valence-corrected chi connectivity index (χ0v) is 12.4. The second-order valence-corrected chi connectivity index (χ2v) is 5.00. The van der Waals surface area contributed by atoms with Gasteiger partial charge in [0, 0.05) is 30.1 Å². The zero-order valence-electron chi connectivity index (χ0n) is 12.4. The highest BCUT2D eigenvalue weighted by molar-refractivity contribution is 5.85. The number of fused-ring (bicyclic) bond motifs is 1. The fourth-order valence-corrected chi connectivity index (χ4v) is 2.41. The average Bonchev–Trinajstić information content (AvgIpc) is 2.42. The van der Waals surface area contributed by atoms with E-state index >= 15 is 0 Å². The van der Waals surface area contributed by atoms with Gasteiger partial charge in [-0.3, -0.25) is 9.59 Å². The smallest absolute Gasteiger partial charge is 0.305 e. The van der Waals surface area contributed by atoms with E-state index in [1.807, 2.05) is 19.1 Å². The van der Waals surface area contributed by atoms with Gasteiger partial charge in [0.15, 0.2) is 0 Å². The number of pyridine rings is 1. The molecule has 0 radical (unpaired) electrons. The number of carbonyl (C=O) groups excluding carboxylic acids is 1. The Hall–Kier alpha value is -2.30. The van der Waals surface area contributed by atoms with Gasteiger partial charge in [0.1, 0.15) is 0 Å². The van der Waals surface area contributed by atoms with Gasteiger partial charge in [-0.1, -0.05) is 6.07 Å². The molecule has 1 aromatic carbocycles. The maximum Gasteiger partial charge on any atom is 0.305 e. The minimum absolute atomic E-state index is 0.0746. The van der Waals surface area contributed by atoms with E-state index < -0.39 is 0 Å². The molecule has 0 bridgehead atoms. The van der Waals surface area contributed by atoms with E-state index in [1.165, 1.54) is 0 Å². The van der Waals surface area contributed by atoms with Crippen LogP contribution in [0.1, 0.15) is 25.3 Å². The molecular weight excluding hydrogens is 268 g/mol. The van der Waals surface area contributed by atoms with E-state index in [0.29, 0.717) is 31.7 Å². The Morgan fingerprint density at radius 2 is 2.10 bits per heavy atom. The summed E-state index contributed by atoms with van der Waals surface area (Å²) in [7, 11) is 0. The summed E-state index contributed by atoms with van der Waals surface area (Å²) in [5.41, 5.74) is 8.10. The van der Waals surface area contributed by atoms with Gasteiger partial charge in [0.25, 0.3) is 5.56 Å². The van der Waals surface area contributed by atoms with Gasteiger partial charge in [-0.25, -0.2) is 0 Å². The van der Waals surface area contributed by atoms with Crippen LogP contribution in [0.15, 0.2) is 29.1 Å². The molecule has 0 unspecified atom stereocenters. The molecule has 112 valence electrons. The molecule has 2 rings (SSSR count). The third-order valence-electron chi connectivity index (χ3n) is 3.41. The summed E-state index contributed by atoms with van der Waals surface area (Å²) in [5.74, 6) is -0.235. The van der Waals surface area contributed by atoms with E-state index in [1.54, 1.807) is 23.6 Å². The van der Waals surface area contributed by atoms with Crippen molar-refractivity contribution in [2.24, 2.45) is 0 Å². The fourth-order valence-electron chi connectivity index (χ4n) is 2.41. The number of aryl methyl sites for hydroxylation is 2. The minimum atomic E-state index is -0.235. The maximum absolute atomic E-state index is 12.2. The number of anilines is 1. The Morgan fingerprint density at radius 1 is 1.33 bits per heavy atom. The molecule has 1 aromatic heterocycles. The van der Waals surface area contributed by atoms with Crippen molar-refractivity contribution in [2.45, 2.75) is 33.2 Å². The van der Waals surface area contributed by atoms with Crippen LogP contribution < -0.4 is 11.3 Å². The van der Waals surface area contributed by atoms with E-state index in [-0.39, 0.29) is 11.5 Å². The lowest BCUT2D eigenvalue weighted by molar-refractivity contribution is -0.143. The monoisotopic (exact) mass is 288 g/mol. The van der Waals surface area contributed by atoms with Gasteiger partial charge in [-0.05, 0) is 38.0 Å². The molecule has 0 fully saturated rings. The Labute approximate surface area is 123 Å². The average molecular weight is 288 g/mol. The predicted molar refractivity (Wildman–Crippen MR) is 83.2 cm³/mol. The molecular formula is C16H20N2O3. The molecule has 5 nitrogen and oxygen atoms in total. The van der Waals surface area contributed by atoms with Crippen molar-refractivity contribution in [3.05, 3.63) is 40.2 Å². The summed E-state index contributed by atoms with van der Waals surface area (Å²) in [4.78, 5) is 23.5. The number of aromatic nitrogens is 1. The van der Waals surface area contributed by atoms with Crippen LogP contribution in [0.4, 0.5) is 5.69 Å². The van der Waals surface area contributed by atoms with Crippen molar-refractivity contribution in [3.63, 3.8) is 0 Å². The van der Waals surface area contributed by atoms with Gasteiger partial charge in [0.05, 0.1) is 12.1 Å². The summed E-state index contributed by atoms with van der Waals surface area (Å²) >= 11 is 0. The molecule has 2 N–H and O–H groups in total. The molecule has 0 atom stereocenters. The largest absolute Gasteiger partial charge is 0.466 e. The lowest BCUT2D eigenvalue weighted by Gasteiger charge is -2.12. The summed E-state index contributed by atoms with van der Waals surface area (Å²) in [6, 6.07) is 7.15. The van der Waals surface area contributed by atoms with Crippen LogP contribution in [0.3, 0.4) is 0 Å². The quantitative estimate of drug-likeness (QED) is 0.676. The molecule has 0 aliphatic carbocycles. The van der Waals surface area contributed by atoms with Crippen molar-refractivity contribution in [3.8, 4) is 0 Å². The molecule has 0 aliphatic rings. The topological polar surface area (TPSA) is 74.3 Å². The van der Waals surface area contributed by atoms with E-state index in [9.17, 15) is 9.59 Å². The summed E-state index contributed by atoms with van der Waals surface area (Å²) in [5, 5.41) is 1.000. The number of rotatable bonds is 5. The Balaban J connectivity index is 2.28. The van der Waals surface area contributed by atoms with E-state index in [0.717, 1.165) is 16.5 Å². The van der Waals surface area contributed by atoms with E-state index in [4.69, 9.17) is 10.5 Å². The van der Waals surface area contributed by atoms with Crippen LogP contribution in [0.25, 0.3) is 10.9 Å². The number of benzene rings is 1. The van der Waals surface area contributed by atoms with Crippen LogP contribution >= 0.6 is 0 Å². The number of nitrogens with two attached hydrogens (primary N) is 1. The van der Waals surface area contributed by atoms with Crippen molar-refractivity contribution in [1.82, 2.24) is 4.57 Å². The van der Waals surface area contributed by atoms with Crippen LogP contribution in [0.2, 0.25) is 0 Å². The SMILES string of the molecule is CCOC(=O)CCCn1c(=O)cc(C)c2ccc(N)cc21. The molecule has 0 aliphatic heterocycles. The molecule has 0 amide bonds. The molecule has 5 heteroatoms. The molecule has 0 spiro atoms. The Bertz CT molecular complexity index is 719. The number of esters is 1. The zero-order chi connectivity index (χ0) is 15.4. The number of nitrogens with zero attached hydrogens (tertiary/aromatic N) is 1. The molecule has 2 aromatic rings. The van der Waals surface area contributed by atoms with Gasteiger partial charge >= 0.3 is 5.97 Å². The number of hydrogen-bond donors (Lipinski definition) is 1. The second-order valence-electron chi connectivity index (χ2n) is 5.00. The number of ether oxygens (including phenoxy) is 1. The van der Waals surface area contributed by atoms with Crippen molar-refractivity contribution < 1.29 is 9.53 Å². The Kier molecular flexibility index (Phi) is 4.62. The van der Waals surface area contributed by atoms with E-state index in [2.05, 4.69) is 0 Å². The van der Waals surface area contributed by atoms with Gasteiger partial charge < -0.3 is 15.0 Å². The van der Waals surface area contributed by atoms with Crippen molar-refractivity contribution >= 4 is 22.6 Å². The Morgan fingerprint density at radius 3 is 2.81 bits per heavy atom. The lowest BCUT2D eigenvalue weighted by atomic mass is 10.1. The predicted octanol–water partition coefficient (Wildman–Crippen LogP) is 2.24. The number of hydrogen-bond acceptors (Lipinski definition) is 4. The first-order valence-corrected chi connectivity index (χ1v) is 7.08. The highest BCUT2D eigenvalue weighted by Crippen LogP contribution is 2.19. The number of nitrogen functional groups attached to an aromatic ring is 1. The molecule has 0 saturated heterocycles.